The Balaban J connectivity index is 2.09. The van der Waals surface area contributed by atoms with E-state index in [1.54, 1.807) is 6.07 Å². The monoisotopic (exact) mass is 389 g/mol. The largest absolute Gasteiger partial charge is 0.391 e. The van der Waals surface area contributed by atoms with Crippen LogP contribution in [0.5, 0.6) is 0 Å². The van der Waals surface area contributed by atoms with Gasteiger partial charge in [0, 0.05) is 8.95 Å². The molecule has 1 aromatic carbocycles. The smallest absolute Gasteiger partial charge is 0.252 e. The lowest BCUT2D eigenvalue weighted by Gasteiger charge is -2.22. The van der Waals surface area contributed by atoms with Gasteiger partial charge in [0.2, 0.25) is 0 Å². The van der Waals surface area contributed by atoms with E-state index in [0.717, 1.165) is 41.0 Å². The molecular weight excluding hydrogens is 374 g/mol. The predicted molar refractivity (Wildman–Crippen MR) is 82.2 cm³/mol. The highest BCUT2D eigenvalue weighted by Crippen LogP contribution is 2.23. The summed E-state index contributed by atoms with van der Waals surface area (Å²) in [6, 6.07) is 5.35. The van der Waals surface area contributed by atoms with Crippen molar-refractivity contribution >= 4 is 37.8 Å². The highest BCUT2D eigenvalue weighted by molar-refractivity contribution is 9.11. The van der Waals surface area contributed by atoms with Crippen molar-refractivity contribution in [2.45, 2.75) is 44.2 Å². The van der Waals surface area contributed by atoms with Gasteiger partial charge in [0.15, 0.2) is 0 Å². The van der Waals surface area contributed by atoms with E-state index in [2.05, 4.69) is 37.2 Å². The van der Waals surface area contributed by atoms with Crippen LogP contribution in [0.4, 0.5) is 0 Å². The Morgan fingerprint density at radius 1 is 1.21 bits per heavy atom. The first-order chi connectivity index (χ1) is 9.08. The Labute approximate surface area is 130 Å². The van der Waals surface area contributed by atoms with Crippen LogP contribution in [0, 0.1) is 0 Å². The molecule has 1 saturated carbocycles. The number of halogens is 2. The third-order valence-electron chi connectivity index (χ3n) is 3.47. The van der Waals surface area contributed by atoms with Crippen LogP contribution in [0.15, 0.2) is 27.1 Å². The lowest BCUT2D eigenvalue weighted by atomic mass is 10.1. The third-order valence-corrected chi connectivity index (χ3v) is 4.65. The van der Waals surface area contributed by atoms with E-state index in [-0.39, 0.29) is 11.9 Å². The Hall–Kier alpha value is -0.390. The van der Waals surface area contributed by atoms with Gasteiger partial charge in [-0.05, 0) is 47.0 Å². The summed E-state index contributed by atoms with van der Waals surface area (Å²) in [5.74, 6) is -0.140. The molecule has 0 radical (unpaired) electrons. The molecule has 1 fully saturated rings. The van der Waals surface area contributed by atoms with Gasteiger partial charge in [0.05, 0.1) is 17.7 Å². The summed E-state index contributed by atoms with van der Waals surface area (Å²) in [5.41, 5.74) is 0.589. The molecule has 1 aromatic rings. The lowest BCUT2D eigenvalue weighted by molar-refractivity contribution is 0.0818. The first kappa shape index (κ1) is 15.0. The van der Waals surface area contributed by atoms with E-state index in [0.29, 0.717) is 5.56 Å². The molecule has 0 aliphatic heterocycles. The molecule has 104 valence electrons. The van der Waals surface area contributed by atoms with Gasteiger partial charge in [-0.1, -0.05) is 35.2 Å². The van der Waals surface area contributed by atoms with Crippen LogP contribution in [-0.2, 0) is 0 Å². The van der Waals surface area contributed by atoms with Crippen LogP contribution in [0.2, 0.25) is 0 Å². The van der Waals surface area contributed by atoms with Crippen LogP contribution < -0.4 is 5.32 Å². The van der Waals surface area contributed by atoms with E-state index in [4.69, 9.17) is 0 Å². The molecule has 0 saturated heterocycles. The first-order valence-electron chi connectivity index (χ1n) is 6.52. The number of hydrogen-bond acceptors (Lipinski definition) is 2. The Bertz CT molecular complexity index is 465. The lowest BCUT2D eigenvalue weighted by Crippen LogP contribution is -2.42. The van der Waals surface area contributed by atoms with Crippen molar-refractivity contribution in [1.29, 1.82) is 0 Å². The Morgan fingerprint density at radius 2 is 1.95 bits per heavy atom. The van der Waals surface area contributed by atoms with Crippen LogP contribution in [0.25, 0.3) is 0 Å². The number of carbonyl (C=O) groups excluding carboxylic acids is 1. The highest BCUT2D eigenvalue weighted by Gasteiger charge is 2.24. The molecule has 2 atom stereocenters. The maximum absolute atomic E-state index is 12.3. The maximum Gasteiger partial charge on any atom is 0.252 e. The van der Waals surface area contributed by atoms with E-state index in [1.807, 2.05) is 12.1 Å². The zero-order valence-corrected chi connectivity index (χ0v) is 13.7. The molecule has 0 bridgehead atoms. The molecule has 0 heterocycles. The Morgan fingerprint density at radius 3 is 2.74 bits per heavy atom. The summed E-state index contributed by atoms with van der Waals surface area (Å²) >= 11 is 6.75. The van der Waals surface area contributed by atoms with Crippen LogP contribution >= 0.6 is 31.9 Å². The summed E-state index contributed by atoms with van der Waals surface area (Å²) in [7, 11) is 0. The molecule has 0 spiro atoms. The van der Waals surface area contributed by atoms with Gasteiger partial charge in [-0.3, -0.25) is 4.79 Å². The van der Waals surface area contributed by atoms with Gasteiger partial charge in [0.25, 0.3) is 5.91 Å². The zero-order valence-electron chi connectivity index (χ0n) is 10.5. The van der Waals surface area contributed by atoms with Gasteiger partial charge < -0.3 is 10.4 Å². The standard InChI is InChI=1S/C14H17Br2NO2/c15-9-6-7-11(16)10(8-9)14(19)17-12-4-2-1-3-5-13(12)18/h6-8,12-13,18H,1-5H2,(H,17,19). The van der Waals surface area contributed by atoms with Crippen molar-refractivity contribution in [1.82, 2.24) is 5.32 Å². The van der Waals surface area contributed by atoms with Crippen molar-refractivity contribution in [2.24, 2.45) is 0 Å². The number of aliphatic hydroxyl groups excluding tert-OH is 1. The van der Waals surface area contributed by atoms with E-state index < -0.39 is 6.10 Å². The van der Waals surface area contributed by atoms with Crippen LogP contribution in [0.1, 0.15) is 42.5 Å². The summed E-state index contributed by atoms with van der Waals surface area (Å²) < 4.78 is 1.62. The number of aliphatic hydroxyl groups is 1. The number of rotatable bonds is 2. The number of hydrogen-bond donors (Lipinski definition) is 2. The Kier molecular flexibility index (Phi) is 5.42. The number of nitrogens with one attached hydrogen (secondary N) is 1. The van der Waals surface area contributed by atoms with Crippen LogP contribution in [0.3, 0.4) is 0 Å². The second-order valence-corrected chi connectivity index (χ2v) is 6.68. The molecule has 0 aromatic heterocycles. The molecule has 5 heteroatoms. The van der Waals surface area contributed by atoms with Gasteiger partial charge >= 0.3 is 0 Å². The summed E-state index contributed by atoms with van der Waals surface area (Å²) in [4.78, 5) is 12.3. The average molecular weight is 391 g/mol. The molecular formula is C14H17Br2NO2. The molecule has 2 unspecified atom stereocenters. The molecule has 19 heavy (non-hydrogen) atoms. The summed E-state index contributed by atoms with van der Waals surface area (Å²) in [6.07, 6.45) is 4.40. The minimum Gasteiger partial charge on any atom is -0.391 e. The zero-order chi connectivity index (χ0) is 13.8. The van der Waals surface area contributed by atoms with Gasteiger partial charge in [-0.15, -0.1) is 0 Å². The molecule has 1 aliphatic rings. The first-order valence-corrected chi connectivity index (χ1v) is 8.10. The SMILES string of the molecule is O=C(NC1CCCCCC1O)c1cc(Br)ccc1Br. The van der Waals surface area contributed by atoms with Crippen LogP contribution in [-0.4, -0.2) is 23.2 Å². The summed E-state index contributed by atoms with van der Waals surface area (Å²) in [5, 5.41) is 13.0. The van der Waals surface area contributed by atoms with Crippen molar-refractivity contribution in [3.8, 4) is 0 Å². The average Bonchev–Trinajstić information content (AvgIpc) is 2.58. The normalized spacial score (nSPS) is 23.7. The van der Waals surface area contributed by atoms with Crippen molar-refractivity contribution in [2.75, 3.05) is 0 Å². The quantitative estimate of drug-likeness (QED) is 0.757. The minimum atomic E-state index is -0.433. The number of benzene rings is 1. The fraction of sp³-hybridized carbons (Fsp3) is 0.500. The molecule has 2 rings (SSSR count). The molecule has 2 N–H and O–H groups in total. The fourth-order valence-electron chi connectivity index (χ4n) is 2.37. The topological polar surface area (TPSA) is 49.3 Å². The summed E-state index contributed by atoms with van der Waals surface area (Å²) in [6.45, 7) is 0. The van der Waals surface area contributed by atoms with Gasteiger partial charge in [-0.25, -0.2) is 0 Å². The third kappa shape index (κ3) is 4.04. The molecule has 3 nitrogen and oxygen atoms in total. The minimum absolute atomic E-state index is 0.138. The van der Waals surface area contributed by atoms with E-state index >= 15 is 0 Å². The predicted octanol–water partition coefficient (Wildman–Crippen LogP) is 3.64. The molecule has 1 amide bonds. The highest BCUT2D eigenvalue weighted by atomic mass is 79.9. The van der Waals surface area contributed by atoms with E-state index in [1.165, 1.54) is 0 Å². The number of carbonyl (C=O) groups is 1. The fourth-order valence-corrected chi connectivity index (χ4v) is 3.16. The van der Waals surface area contributed by atoms with Gasteiger partial charge in [0.1, 0.15) is 0 Å². The van der Waals surface area contributed by atoms with Gasteiger partial charge in [-0.2, -0.15) is 0 Å². The second kappa shape index (κ2) is 6.86. The molecule has 1 aliphatic carbocycles. The second-order valence-electron chi connectivity index (χ2n) is 4.91. The van der Waals surface area contributed by atoms with Crippen molar-refractivity contribution < 1.29 is 9.90 Å². The number of amides is 1. The van der Waals surface area contributed by atoms with E-state index in [9.17, 15) is 9.90 Å². The van der Waals surface area contributed by atoms with Crippen molar-refractivity contribution in [3.05, 3.63) is 32.7 Å². The van der Waals surface area contributed by atoms with Crippen molar-refractivity contribution in [3.63, 3.8) is 0 Å². The maximum atomic E-state index is 12.3.